The molecule has 0 radical (unpaired) electrons. The highest BCUT2D eigenvalue weighted by Crippen LogP contribution is 2.09. The van der Waals surface area contributed by atoms with Crippen molar-refractivity contribution in [3.63, 3.8) is 0 Å². The molecule has 10 nitrogen and oxygen atoms in total. The highest BCUT2D eigenvalue weighted by atomic mass is 16.5. The summed E-state index contributed by atoms with van der Waals surface area (Å²) >= 11 is 0. The maximum Gasteiger partial charge on any atom is 0.408 e. The lowest BCUT2D eigenvalue weighted by molar-refractivity contribution is -0.145. The number of aliphatic hydroxyl groups is 1. The lowest BCUT2D eigenvalue weighted by Gasteiger charge is -2.25. The zero-order chi connectivity index (χ0) is 27.2. The first-order valence-electron chi connectivity index (χ1n) is 12.0. The zero-order valence-corrected chi connectivity index (χ0v) is 21.3. The maximum absolute atomic E-state index is 13.2. The molecule has 2 aromatic carbocycles. The van der Waals surface area contributed by atoms with Gasteiger partial charge in [-0.1, -0.05) is 74.5 Å². The average Bonchev–Trinajstić information content (AvgIpc) is 2.90. The number of benzene rings is 2. The van der Waals surface area contributed by atoms with E-state index in [1.807, 2.05) is 26.0 Å². The summed E-state index contributed by atoms with van der Waals surface area (Å²) in [5.41, 5.74) is 1.51. The number of rotatable bonds is 13. The standard InChI is InChI=1S/C27H35N3O7/c1-18(2)14-22(26(34)36-3)29-24(32)21(15-19-10-6-4-7-11-19)28-25(33)23(16-31)30-27(35)37-17-20-12-8-5-9-13-20/h4-13,18,21-23,31H,14-17H2,1-3H3,(H,28,33)(H,29,32)(H,30,35)/t21-,22-,23+/m0/s1. The van der Waals surface area contributed by atoms with Gasteiger partial charge in [0, 0.05) is 6.42 Å². The Labute approximate surface area is 216 Å². The molecule has 0 bridgehead atoms. The van der Waals surface area contributed by atoms with Gasteiger partial charge in [0.15, 0.2) is 0 Å². The van der Waals surface area contributed by atoms with Crippen molar-refractivity contribution in [2.24, 2.45) is 5.92 Å². The van der Waals surface area contributed by atoms with Crippen LogP contribution in [0.5, 0.6) is 0 Å². The van der Waals surface area contributed by atoms with Crippen molar-refractivity contribution >= 4 is 23.9 Å². The molecule has 0 heterocycles. The molecule has 0 spiro atoms. The first-order valence-corrected chi connectivity index (χ1v) is 12.0. The molecule has 2 rings (SSSR count). The van der Waals surface area contributed by atoms with E-state index in [9.17, 15) is 24.3 Å². The molecule has 4 N–H and O–H groups in total. The molecule has 0 aliphatic rings. The summed E-state index contributed by atoms with van der Waals surface area (Å²) < 4.78 is 9.93. The number of nitrogens with one attached hydrogen (secondary N) is 3. The number of esters is 1. The monoisotopic (exact) mass is 513 g/mol. The molecule has 200 valence electrons. The average molecular weight is 514 g/mol. The molecule has 2 aromatic rings. The van der Waals surface area contributed by atoms with Crippen molar-refractivity contribution in [3.05, 3.63) is 71.8 Å². The number of aliphatic hydroxyl groups excluding tert-OH is 1. The molecule has 0 saturated heterocycles. The van der Waals surface area contributed by atoms with Gasteiger partial charge in [-0.3, -0.25) is 9.59 Å². The summed E-state index contributed by atoms with van der Waals surface area (Å²) in [4.78, 5) is 50.5. The Morgan fingerprint density at radius 2 is 1.32 bits per heavy atom. The molecule has 0 aromatic heterocycles. The Bertz CT molecular complexity index is 1020. The number of methoxy groups -OCH3 is 1. The van der Waals surface area contributed by atoms with Crippen molar-refractivity contribution < 1.29 is 33.8 Å². The van der Waals surface area contributed by atoms with Crippen LogP contribution in [0.25, 0.3) is 0 Å². The third kappa shape index (κ3) is 10.3. The van der Waals surface area contributed by atoms with E-state index in [0.29, 0.717) is 6.42 Å². The van der Waals surface area contributed by atoms with Gasteiger partial charge in [0.1, 0.15) is 24.7 Å². The quantitative estimate of drug-likeness (QED) is 0.299. The second-order valence-corrected chi connectivity index (χ2v) is 8.91. The van der Waals surface area contributed by atoms with Crippen LogP contribution in [-0.4, -0.2) is 60.8 Å². The van der Waals surface area contributed by atoms with Crippen LogP contribution in [0, 0.1) is 5.92 Å². The van der Waals surface area contributed by atoms with Crippen molar-refractivity contribution in [2.45, 2.75) is 51.4 Å². The molecule has 0 aliphatic heterocycles. The van der Waals surface area contributed by atoms with Crippen molar-refractivity contribution in [1.29, 1.82) is 0 Å². The van der Waals surface area contributed by atoms with E-state index in [1.54, 1.807) is 48.5 Å². The topological polar surface area (TPSA) is 143 Å². The molecule has 0 unspecified atom stereocenters. The summed E-state index contributed by atoms with van der Waals surface area (Å²) in [6.45, 7) is 3.07. The first kappa shape index (κ1) is 29.3. The predicted octanol–water partition coefficient (Wildman–Crippen LogP) is 1.71. The van der Waals surface area contributed by atoms with Crippen molar-refractivity contribution in [1.82, 2.24) is 16.0 Å². The van der Waals surface area contributed by atoms with E-state index in [-0.39, 0.29) is 18.9 Å². The SMILES string of the molecule is COC(=O)[C@H](CC(C)C)NC(=O)[C@H](Cc1ccccc1)NC(=O)[C@@H](CO)NC(=O)OCc1ccccc1. The summed E-state index contributed by atoms with van der Waals surface area (Å²) in [5, 5.41) is 17.3. The highest BCUT2D eigenvalue weighted by molar-refractivity contribution is 5.93. The van der Waals surface area contributed by atoms with Crippen molar-refractivity contribution in [3.8, 4) is 0 Å². The molecular formula is C27H35N3O7. The molecule has 0 aliphatic carbocycles. The number of ether oxygens (including phenoxy) is 2. The molecule has 0 fully saturated rings. The lowest BCUT2D eigenvalue weighted by Crippen LogP contribution is -2.57. The number of alkyl carbamates (subject to hydrolysis) is 1. The van der Waals surface area contributed by atoms with Crippen LogP contribution in [0.1, 0.15) is 31.4 Å². The molecule has 37 heavy (non-hydrogen) atoms. The van der Waals surface area contributed by atoms with Gasteiger partial charge in [-0.25, -0.2) is 9.59 Å². The van der Waals surface area contributed by atoms with E-state index >= 15 is 0 Å². The third-order valence-electron chi connectivity index (χ3n) is 5.43. The molecular weight excluding hydrogens is 478 g/mol. The van der Waals surface area contributed by atoms with E-state index in [2.05, 4.69) is 16.0 Å². The predicted molar refractivity (Wildman–Crippen MR) is 136 cm³/mol. The first-order chi connectivity index (χ1) is 17.7. The van der Waals surface area contributed by atoms with Crippen LogP contribution in [0.2, 0.25) is 0 Å². The minimum atomic E-state index is -1.36. The fourth-order valence-corrected chi connectivity index (χ4v) is 3.53. The van der Waals surface area contributed by atoms with Crippen LogP contribution in [0.3, 0.4) is 0 Å². The number of amides is 3. The summed E-state index contributed by atoms with van der Waals surface area (Å²) in [6.07, 6.45) is -0.437. The van der Waals surface area contributed by atoms with Gasteiger partial charge in [-0.2, -0.15) is 0 Å². The van der Waals surface area contributed by atoms with Gasteiger partial charge in [0.05, 0.1) is 13.7 Å². The van der Waals surface area contributed by atoms with Gasteiger partial charge in [0.25, 0.3) is 0 Å². The molecule has 3 atom stereocenters. The smallest absolute Gasteiger partial charge is 0.408 e. The highest BCUT2D eigenvalue weighted by Gasteiger charge is 2.30. The Morgan fingerprint density at radius 1 is 0.784 bits per heavy atom. The van der Waals surface area contributed by atoms with Gasteiger partial charge >= 0.3 is 12.1 Å². The van der Waals surface area contributed by atoms with Crippen molar-refractivity contribution in [2.75, 3.05) is 13.7 Å². The van der Waals surface area contributed by atoms with E-state index in [0.717, 1.165) is 11.1 Å². The number of hydrogen-bond donors (Lipinski definition) is 4. The fourth-order valence-electron chi connectivity index (χ4n) is 3.53. The zero-order valence-electron chi connectivity index (χ0n) is 21.3. The Morgan fingerprint density at radius 3 is 1.86 bits per heavy atom. The van der Waals surface area contributed by atoms with E-state index in [4.69, 9.17) is 9.47 Å². The van der Waals surface area contributed by atoms with Crippen LogP contribution < -0.4 is 16.0 Å². The minimum absolute atomic E-state index is 0.0176. The summed E-state index contributed by atoms with van der Waals surface area (Å²) in [6, 6.07) is 14.6. The second-order valence-electron chi connectivity index (χ2n) is 8.91. The summed E-state index contributed by atoms with van der Waals surface area (Å²) in [7, 11) is 1.24. The van der Waals surface area contributed by atoms with Gasteiger partial charge < -0.3 is 30.5 Å². The number of hydrogen-bond acceptors (Lipinski definition) is 7. The largest absolute Gasteiger partial charge is 0.467 e. The normalized spacial score (nSPS) is 13.1. The Balaban J connectivity index is 2.09. The summed E-state index contributed by atoms with van der Waals surface area (Å²) in [5.74, 6) is -1.88. The third-order valence-corrected chi connectivity index (χ3v) is 5.43. The molecule has 3 amide bonds. The van der Waals surface area contributed by atoms with Gasteiger partial charge in [-0.05, 0) is 23.5 Å². The van der Waals surface area contributed by atoms with Crippen LogP contribution in [0.15, 0.2) is 60.7 Å². The lowest BCUT2D eigenvalue weighted by atomic mass is 10.0. The van der Waals surface area contributed by atoms with E-state index < -0.39 is 48.6 Å². The van der Waals surface area contributed by atoms with Crippen LogP contribution >= 0.6 is 0 Å². The maximum atomic E-state index is 13.2. The van der Waals surface area contributed by atoms with Crippen LogP contribution in [0.4, 0.5) is 4.79 Å². The van der Waals surface area contributed by atoms with Crippen LogP contribution in [-0.2, 0) is 36.9 Å². The minimum Gasteiger partial charge on any atom is -0.467 e. The van der Waals surface area contributed by atoms with Gasteiger partial charge in [-0.15, -0.1) is 0 Å². The fraction of sp³-hybridized carbons (Fsp3) is 0.407. The Kier molecular flexibility index (Phi) is 12.1. The number of carbonyl (C=O) groups is 4. The van der Waals surface area contributed by atoms with E-state index in [1.165, 1.54) is 7.11 Å². The number of carbonyl (C=O) groups excluding carboxylic acids is 4. The molecule has 10 heteroatoms. The Hall–Kier alpha value is -3.92. The second kappa shape index (κ2) is 15.2. The van der Waals surface area contributed by atoms with Gasteiger partial charge in [0.2, 0.25) is 11.8 Å². The molecule has 0 saturated carbocycles.